The Balaban J connectivity index is 1.94. The van der Waals surface area contributed by atoms with E-state index in [0.29, 0.717) is 34.3 Å². The van der Waals surface area contributed by atoms with Crippen molar-refractivity contribution in [2.24, 2.45) is 4.99 Å². The summed E-state index contributed by atoms with van der Waals surface area (Å²) in [5.41, 5.74) is 2.35. The van der Waals surface area contributed by atoms with Crippen LogP contribution in [-0.4, -0.2) is 25.6 Å². The molecule has 0 radical (unpaired) electrons. The highest BCUT2D eigenvalue weighted by atomic mass is 79.9. The van der Waals surface area contributed by atoms with E-state index in [1.54, 1.807) is 18.2 Å². The Kier molecular flexibility index (Phi) is 6.21. The van der Waals surface area contributed by atoms with Crippen molar-refractivity contribution in [1.29, 1.82) is 0 Å². The van der Waals surface area contributed by atoms with E-state index < -0.39 is 5.97 Å². The number of cyclic esters (lactones) is 1. The van der Waals surface area contributed by atoms with Crippen LogP contribution in [-0.2, 0) is 9.53 Å². The van der Waals surface area contributed by atoms with E-state index in [1.807, 2.05) is 31.2 Å². The van der Waals surface area contributed by atoms with Crippen LogP contribution in [0.2, 0.25) is 5.02 Å². The second-order valence-corrected chi connectivity index (χ2v) is 7.36. The fraction of sp³-hybridized carbons (Fsp3) is 0.143. The van der Waals surface area contributed by atoms with Crippen molar-refractivity contribution in [3.8, 4) is 11.5 Å². The summed E-state index contributed by atoms with van der Waals surface area (Å²) in [5.74, 6) is 0.564. The summed E-state index contributed by atoms with van der Waals surface area (Å²) in [6.45, 7) is 5.97. The van der Waals surface area contributed by atoms with Crippen LogP contribution in [0.4, 0.5) is 0 Å². The summed E-state index contributed by atoms with van der Waals surface area (Å²) < 4.78 is 17.1. The monoisotopic (exact) mass is 461 g/mol. The van der Waals surface area contributed by atoms with Gasteiger partial charge in [0.2, 0.25) is 5.90 Å². The molecule has 5 nitrogen and oxygen atoms in total. The number of methoxy groups -OCH3 is 1. The molecule has 2 aromatic carbocycles. The van der Waals surface area contributed by atoms with Gasteiger partial charge in [0, 0.05) is 4.47 Å². The van der Waals surface area contributed by atoms with E-state index >= 15 is 0 Å². The molecule has 3 rings (SSSR count). The number of rotatable bonds is 6. The van der Waals surface area contributed by atoms with Crippen LogP contribution >= 0.6 is 27.5 Å². The second kappa shape index (κ2) is 8.63. The summed E-state index contributed by atoms with van der Waals surface area (Å²) >= 11 is 9.77. The van der Waals surface area contributed by atoms with Crippen LogP contribution < -0.4 is 9.47 Å². The topological polar surface area (TPSA) is 57.1 Å². The fourth-order valence-electron chi connectivity index (χ4n) is 2.48. The molecule has 0 spiro atoms. The molecule has 144 valence electrons. The highest BCUT2D eigenvalue weighted by Gasteiger charge is 2.25. The van der Waals surface area contributed by atoms with E-state index in [1.165, 1.54) is 7.11 Å². The lowest BCUT2D eigenvalue weighted by molar-refractivity contribution is -0.129. The Morgan fingerprint density at radius 1 is 1.36 bits per heavy atom. The summed E-state index contributed by atoms with van der Waals surface area (Å²) in [6.07, 6.45) is 1.59. The lowest BCUT2D eigenvalue weighted by Gasteiger charge is -2.13. The number of nitrogens with zero attached hydrogens (tertiary/aromatic N) is 1. The summed E-state index contributed by atoms with van der Waals surface area (Å²) in [4.78, 5) is 16.6. The van der Waals surface area contributed by atoms with Gasteiger partial charge in [-0.05, 0) is 64.3 Å². The van der Waals surface area contributed by atoms with E-state index in [2.05, 4.69) is 27.5 Å². The number of esters is 1. The smallest absolute Gasteiger partial charge is 0.363 e. The molecule has 2 aromatic rings. The van der Waals surface area contributed by atoms with Crippen molar-refractivity contribution in [3.05, 3.63) is 74.9 Å². The Hall–Kier alpha value is -2.57. The van der Waals surface area contributed by atoms with Gasteiger partial charge in [0.05, 0.1) is 17.7 Å². The van der Waals surface area contributed by atoms with Crippen LogP contribution in [0.25, 0.3) is 6.08 Å². The summed E-state index contributed by atoms with van der Waals surface area (Å²) in [6, 6.07) is 10.8. The maximum atomic E-state index is 12.2. The van der Waals surface area contributed by atoms with Gasteiger partial charge >= 0.3 is 5.97 Å². The molecule has 1 aliphatic rings. The average Bonchev–Trinajstić information content (AvgIpc) is 3.00. The van der Waals surface area contributed by atoms with Crippen molar-refractivity contribution in [2.75, 3.05) is 13.7 Å². The maximum Gasteiger partial charge on any atom is 0.363 e. The molecule has 0 N–H and O–H groups in total. The van der Waals surface area contributed by atoms with Gasteiger partial charge < -0.3 is 14.2 Å². The van der Waals surface area contributed by atoms with Crippen LogP contribution in [0.3, 0.4) is 0 Å². The molecule has 0 amide bonds. The number of benzene rings is 2. The highest BCUT2D eigenvalue weighted by molar-refractivity contribution is 9.10. The van der Waals surface area contributed by atoms with Crippen molar-refractivity contribution < 1.29 is 19.0 Å². The fourth-order valence-corrected chi connectivity index (χ4v) is 3.20. The van der Waals surface area contributed by atoms with Gasteiger partial charge in [-0.2, -0.15) is 0 Å². The quantitative estimate of drug-likeness (QED) is 0.327. The lowest BCUT2D eigenvalue weighted by Crippen LogP contribution is -2.05. The van der Waals surface area contributed by atoms with E-state index in [9.17, 15) is 4.79 Å². The number of hydrogen-bond acceptors (Lipinski definition) is 5. The zero-order chi connectivity index (χ0) is 20.3. The average molecular weight is 463 g/mol. The molecular weight excluding hydrogens is 446 g/mol. The number of halogens is 2. The van der Waals surface area contributed by atoms with Crippen molar-refractivity contribution in [3.63, 3.8) is 0 Å². The SMILES string of the molecule is C=C(C)COc1c(Cl)cc(/C=C2\N=C(c3ccccc3Br)OC2=O)cc1OC. The molecule has 0 saturated heterocycles. The van der Waals surface area contributed by atoms with E-state index in [4.69, 9.17) is 25.8 Å². The maximum absolute atomic E-state index is 12.2. The standard InChI is InChI=1S/C21H17BrClNO4/c1-12(2)11-27-19-16(23)8-13(10-18(19)26-3)9-17-21(25)28-20(24-17)14-6-4-5-7-15(14)22/h4-10H,1,11H2,2-3H3/b17-9-. The summed E-state index contributed by atoms with van der Waals surface area (Å²) in [7, 11) is 1.52. The molecule has 0 bridgehead atoms. The number of aliphatic imine (C=N–C) groups is 1. The van der Waals surface area contributed by atoms with Crippen molar-refractivity contribution >= 4 is 45.5 Å². The van der Waals surface area contributed by atoms with Gasteiger partial charge in [-0.25, -0.2) is 9.79 Å². The number of carbonyl (C=O) groups is 1. The normalized spacial score (nSPS) is 14.6. The molecule has 0 atom stereocenters. The Labute approximate surface area is 176 Å². The molecule has 1 heterocycles. The molecule has 0 unspecified atom stereocenters. The minimum absolute atomic E-state index is 0.166. The molecule has 0 aliphatic carbocycles. The zero-order valence-electron chi connectivity index (χ0n) is 15.3. The number of hydrogen-bond donors (Lipinski definition) is 0. The van der Waals surface area contributed by atoms with Crippen LogP contribution in [0.5, 0.6) is 11.5 Å². The van der Waals surface area contributed by atoms with E-state index in [0.717, 1.165) is 10.0 Å². The van der Waals surface area contributed by atoms with E-state index in [-0.39, 0.29) is 11.6 Å². The lowest BCUT2D eigenvalue weighted by atomic mass is 10.1. The first-order valence-electron chi connectivity index (χ1n) is 8.31. The minimum Gasteiger partial charge on any atom is -0.493 e. The Bertz CT molecular complexity index is 1010. The van der Waals surface area contributed by atoms with Gasteiger partial charge in [-0.1, -0.05) is 30.3 Å². The zero-order valence-corrected chi connectivity index (χ0v) is 17.6. The van der Waals surface area contributed by atoms with Gasteiger partial charge in [0.25, 0.3) is 0 Å². The molecule has 0 fully saturated rings. The van der Waals surface area contributed by atoms with Gasteiger partial charge in [0.15, 0.2) is 17.2 Å². The van der Waals surface area contributed by atoms with Gasteiger partial charge in [-0.3, -0.25) is 0 Å². The first kappa shape index (κ1) is 20.2. The first-order valence-corrected chi connectivity index (χ1v) is 9.48. The Morgan fingerprint density at radius 3 is 2.79 bits per heavy atom. The molecule has 0 saturated carbocycles. The third-order valence-electron chi connectivity index (χ3n) is 3.74. The van der Waals surface area contributed by atoms with Gasteiger partial charge in [0.1, 0.15) is 6.61 Å². The third-order valence-corrected chi connectivity index (χ3v) is 4.72. The van der Waals surface area contributed by atoms with Crippen molar-refractivity contribution in [1.82, 2.24) is 0 Å². The number of carbonyl (C=O) groups excluding carboxylic acids is 1. The molecule has 28 heavy (non-hydrogen) atoms. The first-order chi connectivity index (χ1) is 13.4. The van der Waals surface area contributed by atoms with Gasteiger partial charge in [-0.15, -0.1) is 0 Å². The predicted molar refractivity (Wildman–Crippen MR) is 113 cm³/mol. The minimum atomic E-state index is -0.538. The molecule has 7 heteroatoms. The number of ether oxygens (including phenoxy) is 3. The molecule has 1 aliphatic heterocycles. The van der Waals surface area contributed by atoms with Crippen molar-refractivity contribution in [2.45, 2.75) is 6.92 Å². The van der Waals surface area contributed by atoms with Crippen LogP contribution in [0.15, 0.2) is 63.7 Å². The largest absolute Gasteiger partial charge is 0.493 e. The summed E-state index contributed by atoms with van der Waals surface area (Å²) in [5, 5.41) is 0.355. The molecular formula is C21H17BrClNO4. The second-order valence-electron chi connectivity index (χ2n) is 6.10. The Morgan fingerprint density at radius 2 is 2.11 bits per heavy atom. The highest BCUT2D eigenvalue weighted by Crippen LogP contribution is 2.37. The third kappa shape index (κ3) is 4.46. The predicted octanol–water partition coefficient (Wildman–Crippen LogP) is 5.41. The van der Waals surface area contributed by atoms with Crippen LogP contribution in [0, 0.1) is 0 Å². The molecule has 0 aromatic heterocycles. The van der Waals surface area contributed by atoms with Crippen LogP contribution in [0.1, 0.15) is 18.1 Å².